The molecule has 2 N–H and O–H groups in total. The number of hydrogen-bond donors (Lipinski definition) is 2. The average Bonchev–Trinajstić information content (AvgIpc) is 3.37. The van der Waals surface area contributed by atoms with Crippen LogP contribution in [0, 0.1) is 11.8 Å². The molecule has 0 aliphatic carbocycles. The number of aromatic nitrogens is 1. The van der Waals surface area contributed by atoms with Crippen LogP contribution in [-0.4, -0.2) is 106 Å². The molecule has 0 radical (unpaired) electrons. The van der Waals surface area contributed by atoms with Crippen LogP contribution in [0.2, 0.25) is 0 Å². The summed E-state index contributed by atoms with van der Waals surface area (Å²) in [6.45, 7) is 6.02. The first-order valence-electron chi connectivity index (χ1n) is 16.5. The standard InChI is InChI=1S/C36H46F3N5O6/c1-35(2,3)50-34(46)43-16-8-10-27-24-29-30(12-7-13-32(29)44(27)25-36(37,38)39)41-31(14-17-42(4)5)33(45)40-15-18-47-19-20-48-21-22-49-28-11-6-9-26(43)23-28/h6-7,9,11-13,23-24,31,41H,14-22,25H2,1-5H3,(H,40,45). The molecule has 4 rings (SSSR count). The first-order chi connectivity index (χ1) is 23.7. The summed E-state index contributed by atoms with van der Waals surface area (Å²) in [6.07, 6.45) is -4.79. The van der Waals surface area contributed by atoms with Crippen molar-refractivity contribution in [3.63, 3.8) is 0 Å². The summed E-state index contributed by atoms with van der Waals surface area (Å²) in [5.74, 6) is 5.98. The van der Waals surface area contributed by atoms with E-state index in [-0.39, 0.29) is 44.5 Å². The number of nitrogens with zero attached hydrogens (tertiary/aromatic N) is 3. The quantitative estimate of drug-likeness (QED) is 0.355. The van der Waals surface area contributed by atoms with E-state index in [9.17, 15) is 22.8 Å². The van der Waals surface area contributed by atoms with Crippen molar-refractivity contribution in [2.24, 2.45) is 0 Å². The number of alkyl halides is 3. The second kappa shape index (κ2) is 17.5. The maximum Gasteiger partial charge on any atom is 0.415 e. The Balaban J connectivity index is 1.77. The lowest BCUT2D eigenvalue weighted by Crippen LogP contribution is -2.42. The van der Waals surface area contributed by atoms with E-state index in [1.165, 1.54) is 4.90 Å². The van der Waals surface area contributed by atoms with Gasteiger partial charge < -0.3 is 39.0 Å². The zero-order chi connectivity index (χ0) is 36.3. The maximum absolute atomic E-state index is 13.9. The first kappa shape index (κ1) is 38.4. The van der Waals surface area contributed by atoms with Crippen LogP contribution in [0.5, 0.6) is 5.75 Å². The molecule has 2 heterocycles. The Hall–Kier alpha value is -4.45. The topological polar surface area (TPSA) is 107 Å². The van der Waals surface area contributed by atoms with Crippen molar-refractivity contribution in [3.8, 4) is 17.6 Å². The fourth-order valence-corrected chi connectivity index (χ4v) is 5.15. The highest BCUT2D eigenvalue weighted by molar-refractivity contribution is 5.96. The molecule has 1 aliphatic heterocycles. The molecular formula is C36H46F3N5O6. The summed E-state index contributed by atoms with van der Waals surface area (Å²) >= 11 is 0. The van der Waals surface area contributed by atoms with Gasteiger partial charge in [0.05, 0.1) is 49.9 Å². The molecule has 50 heavy (non-hydrogen) atoms. The van der Waals surface area contributed by atoms with Crippen LogP contribution in [0.4, 0.5) is 29.3 Å². The molecule has 0 saturated heterocycles. The summed E-state index contributed by atoms with van der Waals surface area (Å²) in [5, 5.41) is 6.63. The van der Waals surface area contributed by atoms with Crippen molar-refractivity contribution >= 4 is 34.3 Å². The van der Waals surface area contributed by atoms with Crippen LogP contribution in [0.25, 0.3) is 10.9 Å². The van der Waals surface area contributed by atoms with E-state index >= 15 is 0 Å². The second-order valence-electron chi connectivity index (χ2n) is 13.0. The Kier molecular flexibility index (Phi) is 13.4. The molecule has 0 fully saturated rings. The molecule has 0 saturated carbocycles. The molecule has 14 heteroatoms. The lowest BCUT2D eigenvalue weighted by atomic mass is 10.1. The molecular weight excluding hydrogens is 655 g/mol. The predicted molar refractivity (Wildman–Crippen MR) is 186 cm³/mol. The molecule has 1 atom stereocenters. The van der Waals surface area contributed by atoms with Gasteiger partial charge in [-0.3, -0.25) is 9.69 Å². The number of halogens is 3. The van der Waals surface area contributed by atoms with Gasteiger partial charge in [-0.1, -0.05) is 18.1 Å². The first-order valence-corrected chi connectivity index (χ1v) is 16.5. The molecule has 2 aromatic carbocycles. The van der Waals surface area contributed by atoms with E-state index in [2.05, 4.69) is 22.5 Å². The van der Waals surface area contributed by atoms with Crippen LogP contribution >= 0.6 is 0 Å². The molecule has 2 amide bonds. The normalized spacial score (nSPS) is 17.3. The molecule has 11 nitrogen and oxygen atoms in total. The summed E-state index contributed by atoms with van der Waals surface area (Å²) < 4.78 is 65.5. The van der Waals surface area contributed by atoms with Gasteiger partial charge in [0.1, 0.15) is 30.5 Å². The number of rotatable bonds is 4. The minimum Gasteiger partial charge on any atom is -0.491 e. The van der Waals surface area contributed by atoms with Gasteiger partial charge in [0.25, 0.3) is 0 Å². The van der Waals surface area contributed by atoms with E-state index in [1.807, 2.05) is 19.0 Å². The van der Waals surface area contributed by atoms with Gasteiger partial charge in [0.2, 0.25) is 5.91 Å². The van der Waals surface area contributed by atoms with Gasteiger partial charge in [-0.15, -0.1) is 0 Å². The highest BCUT2D eigenvalue weighted by Crippen LogP contribution is 2.31. The van der Waals surface area contributed by atoms with E-state index in [0.29, 0.717) is 54.2 Å². The lowest BCUT2D eigenvalue weighted by Gasteiger charge is -2.26. The molecule has 272 valence electrons. The smallest absolute Gasteiger partial charge is 0.415 e. The molecule has 4 bridgehead atoms. The van der Waals surface area contributed by atoms with E-state index in [1.54, 1.807) is 69.3 Å². The van der Waals surface area contributed by atoms with E-state index in [4.69, 9.17) is 18.9 Å². The highest BCUT2D eigenvalue weighted by atomic mass is 19.4. The molecule has 1 aromatic heterocycles. The van der Waals surface area contributed by atoms with Crippen LogP contribution in [-0.2, 0) is 25.5 Å². The third-order valence-corrected chi connectivity index (χ3v) is 7.41. The minimum atomic E-state index is -4.54. The SMILES string of the molecule is CN(C)CCC1Nc2cccc3c2cc(n3CC(F)(F)F)C#CCN(C(=O)OC(C)(C)C)c2cccc(c2)OCCOCCOCCNC1=O. The number of ether oxygens (including phenoxy) is 4. The summed E-state index contributed by atoms with van der Waals surface area (Å²) in [5.41, 5.74) is 0.481. The predicted octanol–water partition coefficient (Wildman–Crippen LogP) is 5.27. The summed E-state index contributed by atoms with van der Waals surface area (Å²) in [7, 11) is 3.78. The largest absolute Gasteiger partial charge is 0.491 e. The Morgan fingerprint density at radius 2 is 1.74 bits per heavy atom. The number of carbonyl (C=O) groups is 2. The monoisotopic (exact) mass is 701 g/mol. The highest BCUT2D eigenvalue weighted by Gasteiger charge is 2.30. The van der Waals surface area contributed by atoms with Gasteiger partial charge in [0, 0.05) is 23.7 Å². The molecule has 3 aromatic rings. The number of nitrogens with one attached hydrogen (secondary N) is 2. The number of benzene rings is 2. The molecule has 1 unspecified atom stereocenters. The number of carbonyl (C=O) groups excluding carboxylic acids is 2. The molecule has 1 aliphatic rings. The number of anilines is 2. The van der Waals surface area contributed by atoms with Crippen molar-refractivity contribution in [1.82, 2.24) is 14.8 Å². The Morgan fingerprint density at radius 1 is 1.02 bits per heavy atom. The summed E-state index contributed by atoms with van der Waals surface area (Å²) in [4.78, 5) is 29.9. The number of hydrogen-bond acceptors (Lipinski definition) is 8. The number of fused-ring (bicyclic) bond motifs is 3. The van der Waals surface area contributed by atoms with Gasteiger partial charge in [0.15, 0.2) is 0 Å². The van der Waals surface area contributed by atoms with Crippen LogP contribution in [0.1, 0.15) is 32.9 Å². The lowest BCUT2D eigenvalue weighted by molar-refractivity contribution is -0.140. The van der Waals surface area contributed by atoms with Gasteiger partial charge in [-0.05, 0) is 84.1 Å². The molecule has 0 spiro atoms. The van der Waals surface area contributed by atoms with Crippen molar-refractivity contribution < 1.29 is 41.7 Å². The Bertz CT molecular complexity index is 1660. The summed E-state index contributed by atoms with van der Waals surface area (Å²) in [6, 6.07) is 12.6. The van der Waals surface area contributed by atoms with Crippen molar-refractivity contribution in [3.05, 3.63) is 54.2 Å². The Labute approximate surface area is 291 Å². The minimum absolute atomic E-state index is 0.0914. The number of amides is 2. The third-order valence-electron chi connectivity index (χ3n) is 7.41. The van der Waals surface area contributed by atoms with E-state index < -0.39 is 30.5 Å². The maximum atomic E-state index is 13.9. The second-order valence-corrected chi connectivity index (χ2v) is 13.0. The van der Waals surface area contributed by atoms with Crippen LogP contribution < -0.4 is 20.3 Å². The zero-order valence-corrected chi connectivity index (χ0v) is 29.2. The third kappa shape index (κ3) is 11.9. The van der Waals surface area contributed by atoms with Crippen LogP contribution in [0.15, 0.2) is 48.5 Å². The van der Waals surface area contributed by atoms with Crippen LogP contribution in [0.3, 0.4) is 0 Å². The average molecular weight is 702 g/mol. The fourth-order valence-electron chi connectivity index (χ4n) is 5.15. The van der Waals surface area contributed by atoms with Gasteiger partial charge >= 0.3 is 12.3 Å². The fraction of sp³-hybridized carbons (Fsp3) is 0.500. The van der Waals surface area contributed by atoms with Gasteiger partial charge in [-0.2, -0.15) is 13.2 Å². The van der Waals surface area contributed by atoms with E-state index in [0.717, 1.165) is 4.57 Å². The van der Waals surface area contributed by atoms with Gasteiger partial charge in [-0.25, -0.2) is 4.79 Å². The zero-order valence-electron chi connectivity index (χ0n) is 29.2. The van der Waals surface area contributed by atoms with Crippen molar-refractivity contribution in [2.75, 3.05) is 77.0 Å². The van der Waals surface area contributed by atoms with Crippen molar-refractivity contribution in [1.29, 1.82) is 0 Å². The Morgan fingerprint density at radius 3 is 2.46 bits per heavy atom. The van der Waals surface area contributed by atoms with Crippen molar-refractivity contribution in [2.45, 2.75) is 51.6 Å².